The summed E-state index contributed by atoms with van der Waals surface area (Å²) in [5.74, 6) is 0.879. The number of terminal acetylenes is 1. The second-order valence-corrected chi connectivity index (χ2v) is 5.90. The van der Waals surface area contributed by atoms with Crippen LogP contribution in [0.4, 0.5) is 0 Å². The molecule has 0 aliphatic heterocycles. The Morgan fingerprint density at radius 3 is 2.58 bits per heavy atom. The first-order valence-electron chi connectivity index (χ1n) is 8.41. The third kappa shape index (κ3) is 3.33. The summed E-state index contributed by atoms with van der Waals surface area (Å²) >= 11 is 0. The van der Waals surface area contributed by atoms with E-state index in [0.29, 0.717) is 29.5 Å². The first kappa shape index (κ1) is 19.3. The van der Waals surface area contributed by atoms with Crippen molar-refractivity contribution >= 4 is 22.7 Å². The van der Waals surface area contributed by atoms with E-state index in [0.717, 1.165) is 0 Å². The van der Waals surface area contributed by atoms with Crippen LogP contribution in [-0.4, -0.2) is 28.0 Å². The minimum absolute atomic E-state index is 0.0546. The van der Waals surface area contributed by atoms with E-state index in [4.69, 9.17) is 11.2 Å². The standard InChI is InChI=1S/C20H21NO5/c1-5-8-16(22)13-11-14-15(10-12(13)4)21(9-6-2)19(24)17(18(14)23)20(25)26-7-3/h2,10-11,23H,5,7-9H2,1,3-4H3. The van der Waals surface area contributed by atoms with Crippen LogP contribution in [0.3, 0.4) is 0 Å². The summed E-state index contributed by atoms with van der Waals surface area (Å²) in [5, 5.41) is 10.8. The molecule has 0 bridgehead atoms. The molecule has 0 amide bonds. The van der Waals surface area contributed by atoms with Crippen molar-refractivity contribution in [1.82, 2.24) is 4.57 Å². The number of hydrogen-bond donors (Lipinski definition) is 1. The van der Waals surface area contributed by atoms with Crippen molar-refractivity contribution in [3.8, 4) is 18.1 Å². The normalized spacial score (nSPS) is 10.5. The molecule has 136 valence electrons. The SMILES string of the molecule is C#CCn1c(=O)c(C(=O)OCC)c(O)c2cc(C(=O)CCC)c(C)cc21. The lowest BCUT2D eigenvalue weighted by Crippen LogP contribution is -2.28. The molecule has 1 aromatic heterocycles. The highest BCUT2D eigenvalue weighted by atomic mass is 16.5. The lowest BCUT2D eigenvalue weighted by molar-refractivity contribution is 0.0520. The van der Waals surface area contributed by atoms with Gasteiger partial charge in [-0.15, -0.1) is 6.42 Å². The summed E-state index contributed by atoms with van der Waals surface area (Å²) < 4.78 is 6.11. The van der Waals surface area contributed by atoms with Crippen molar-refractivity contribution in [3.63, 3.8) is 0 Å². The van der Waals surface area contributed by atoms with Gasteiger partial charge in [0.05, 0.1) is 18.7 Å². The molecule has 1 aromatic carbocycles. The van der Waals surface area contributed by atoms with Crippen molar-refractivity contribution in [2.75, 3.05) is 6.61 Å². The Kier molecular flexibility index (Phi) is 5.83. The molecule has 0 radical (unpaired) electrons. The summed E-state index contributed by atoms with van der Waals surface area (Å²) in [6.07, 6.45) is 6.41. The van der Waals surface area contributed by atoms with Gasteiger partial charge >= 0.3 is 5.97 Å². The number of pyridine rings is 1. The summed E-state index contributed by atoms with van der Waals surface area (Å²) in [6, 6.07) is 3.14. The van der Waals surface area contributed by atoms with Gasteiger partial charge in [-0.25, -0.2) is 4.79 Å². The minimum Gasteiger partial charge on any atom is -0.506 e. The zero-order valence-corrected chi connectivity index (χ0v) is 15.1. The van der Waals surface area contributed by atoms with Gasteiger partial charge in [-0.1, -0.05) is 12.8 Å². The van der Waals surface area contributed by atoms with Gasteiger partial charge in [0.15, 0.2) is 11.3 Å². The van der Waals surface area contributed by atoms with Gasteiger partial charge in [-0.2, -0.15) is 0 Å². The third-order valence-corrected chi connectivity index (χ3v) is 4.09. The number of nitrogens with zero attached hydrogens (tertiary/aromatic N) is 1. The number of fused-ring (bicyclic) bond motifs is 1. The van der Waals surface area contributed by atoms with Crippen LogP contribution in [-0.2, 0) is 11.3 Å². The number of hydrogen-bond acceptors (Lipinski definition) is 5. The number of benzene rings is 1. The van der Waals surface area contributed by atoms with Crippen LogP contribution in [0.15, 0.2) is 16.9 Å². The molecule has 0 atom stereocenters. The smallest absolute Gasteiger partial charge is 0.347 e. The Balaban J connectivity index is 2.90. The number of aromatic hydroxyl groups is 1. The Bertz CT molecular complexity index is 979. The van der Waals surface area contributed by atoms with Crippen LogP contribution >= 0.6 is 0 Å². The highest BCUT2D eigenvalue weighted by Crippen LogP contribution is 2.30. The van der Waals surface area contributed by atoms with Crippen LogP contribution in [0.5, 0.6) is 5.75 Å². The topological polar surface area (TPSA) is 85.6 Å². The fourth-order valence-corrected chi connectivity index (χ4v) is 2.88. The molecule has 26 heavy (non-hydrogen) atoms. The molecule has 0 fully saturated rings. The number of esters is 1. The van der Waals surface area contributed by atoms with Gasteiger partial charge < -0.3 is 9.84 Å². The molecule has 2 aromatic rings. The summed E-state index contributed by atoms with van der Waals surface area (Å²) in [5.41, 5.74) is 0.273. The fraction of sp³-hybridized carbons (Fsp3) is 0.350. The number of ketones is 1. The first-order chi connectivity index (χ1) is 12.4. The molecule has 0 spiro atoms. The van der Waals surface area contributed by atoms with Crippen molar-refractivity contribution < 1.29 is 19.4 Å². The first-order valence-corrected chi connectivity index (χ1v) is 8.41. The average Bonchev–Trinajstić information content (AvgIpc) is 2.58. The van der Waals surface area contributed by atoms with Crippen LogP contribution in [0, 0.1) is 19.3 Å². The fourth-order valence-electron chi connectivity index (χ4n) is 2.88. The molecule has 1 heterocycles. The summed E-state index contributed by atoms with van der Waals surface area (Å²) in [4.78, 5) is 37.2. The largest absolute Gasteiger partial charge is 0.506 e. The van der Waals surface area contributed by atoms with E-state index in [-0.39, 0.29) is 24.3 Å². The molecule has 6 nitrogen and oxygen atoms in total. The third-order valence-electron chi connectivity index (χ3n) is 4.09. The average molecular weight is 355 g/mol. The molecule has 0 aliphatic carbocycles. The van der Waals surface area contributed by atoms with Crippen LogP contribution in [0.25, 0.3) is 10.9 Å². The molecule has 0 aliphatic rings. The number of carbonyl (C=O) groups excluding carboxylic acids is 2. The number of Topliss-reactive ketones (excluding diaryl/α,β-unsaturated/α-hetero) is 1. The van der Waals surface area contributed by atoms with Gasteiger partial charge in [0.1, 0.15) is 5.75 Å². The van der Waals surface area contributed by atoms with Crippen LogP contribution < -0.4 is 5.56 Å². The quantitative estimate of drug-likeness (QED) is 0.489. The molecule has 2 rings (SSSR count). The molecule has 0 saturated carbocycles. The van der Waals surface area contributed by atoms with Crippen LogP contribution in [0.2, 0.25) is 0 Å². The van der Waals surface area contributed by atoms with Gasteiger partial charge in [-0.3, -0.25) is 14.2 Å². The van der Waals surface area contributed by atoms with Gasteiger partial charge in [0.2, 0.25) is 0 Å². The molecular weight excluding hydrogens is 334 g/mol. The zero-order valence-electron chi connectivity index (χ0n) is 15.1. The van der Waals surface area contributed by atoms with Crippen molar-refractivity contribution in [1.29, 1.82) is 0 Å². The maximum absolute atomic E-state index is 12.7. The van der Waals surface area contributed by atoms with E-state index < -0.39 is 22.8 Å². The maximum atomic E-state index is 12.7. The lowest BCUT2D eigenvalue weighted by atomic mass is 9.97. The van der Waals surface area contributed by atoms with E-state index in [2.05, 4.69) is 5.92 Å². The number of carbonyl (C=O) groups is 2. The van der Waals surface area contributed by atoms with Gasteiger partial charge in [0, 0.05) is 17.4 Å². The number of aryl methyl sites for hydroxylation is 1. The Labute approximate surface area is 151 Å². The summed E-state index contributed by atoms with van der Waals surface area (Å²) in [7, 11) is 0. The zero-order chi connectivity index (χ0) is 19.4. The molecule has 6 heteroatoms. The molecule has 1 N–H and O–H groups in total. The van der Waals surface area contributed by atoms with E-state index in [1.807, 2.05) is 6.92 Å². The van der Waals surface area contributed by atoms with E-state index in [1.54, 1.807) is 19.9 Å². The molecule has 0 saturated heterocycles. The predicted molar refractivity (Wildman–Crippen MR) is 98.6 cm³/mol. The number of rotatable bonds is 6. The lowest BCUT2D eigenvalue weighted by Gasteiger charge is -2.15. The van der Waals surface area contributed by atoms with Gasteiger partial charge in [0.25, 0.3) is 5.56 Å². The maximum Gasteiger partial charge on any atom is 0.347 e. The second-order valence-electron chi connectivity index (χ2n) is 5.90. The Hall–Kier alpha value is -3.07. The van der Waals surface area contributed by atoms with E-state index in [1.165, 1.54) is 10.6 Å². The second kappa shape index (κ2) is 7.87. The van der Waals surface area contributed by atoms with Crippen molar-refractivity contribution in [2.45, 2.75) is 40.2 Å². The molecular formula is C20H21NO5. The van der Waals surface area contributed by atoms with Crippen molar-refractivity contribution in [2.24, 2.45) is 0 Å². The number of aromatic nitrogens is 1. The number of ether oxygens (including phenoxy) is 1. The van der Waals surface area contributed by atoms with E-state index in [9.17, 15) is 19.5 Å². The highest BCUT2D eigenvalue weighted by Gasteiger charge is 2.24. The Morgan fingerprint density at radius 1 is 1.31 bits per heavy atom. The Morgan fingerprint density at radius 2 is 2.00 bits per heavy atom. The highest BCUT2D eigenvalue weighted by molar-refractivity contribution is 6.05. The minimum atomic E-state index is -0.926. The van der Waals surface area contributed by atoms with E-state index >= 15 is 0 Å². The predicted octanol–water partition coefficient (Wildman–Crippen LogP) is 2.81. The summed E-state index contributed by atoms with van der Waals surface area (Å²) in [6.45, 7) is 5.22. The molecule has 0 unspecified atom stereocenters. The van der Waals surface area contributed by atoms with Crippen molar-refractivity contribution in [3.05, 3.63) is 39.2 Å². The monoisotopic (exact) mass is 355 g/mol. The van der Waals surface area contributed by atoms with Gasteiger partial charge in [-0.05, 0) is 38.0 Å². The van der Waals surface area contributed by atoms with Crippen LogP contribution in [0.1, 0.15) is 53.0 Å².